The molecule has 0 bridgehead atoms. The van der Waals surface area contributed by atoms with Crippen molar-refractivity contribution in [3.8, 4) is 0 Å². The summed E-state index contributed by atoms with van der Waals surface area (Å²) in [5.41, 5.74) is 10.5. The molecule has 0 aliphatic rings. The van der Waals surface area contributed by atoms with Gasteiger partial charge in [0.15, 0.2) is 0 Å². The van der Waals surface area contributed by atoms with Crippen molar-refractivity contribution in [3.05, 3.63) is 29.8 Å². The van der Waals surface area contributed by atoms with E-state index in [-0.39, 0.29) is 13.2 Å². The van der Waals surface area contributed by atoms with Crippen LogP contribution in [-0.2, 0) is 0 Å². The van der Waals surface area contributed by atoms with Crippen LogP contribution in [-0.4, -0.2) is 58.9 Å². The predicted octanol–water partition coefficient (Wildman–Crippen LogP) is 0.812. The summed E-state index contributed by atoms with van der Waals surface area (Å²) < 4.78 is 0. The Kier molecular flexibility index (Phi) is 15.2. The van der Waals surface area contributed by atoms with E-state index in [2.05, 4.69) is 41.5 Å². The monoisotopic (exact) mass is 345 g/mol. The molecule has 0 unspecified atom stereocenters. The number of hydrogen-bond donors (Lipinski definition) is 6. The van der Waals surface area contributed by atoms with Gasteiger partial charge in [-0.1, -0.05) is 12.1 Å². The molecule has 0 aliphatic carbocycles. The van der Waals surface area contributed by atoms with Crippen molar-refractivity contribution in [2.45, 2.75) is 19.8 Å². The fourth-order valence-corrected chi connectivity index (χ4v) is 1.72. The van der Waals surface area contributed by atoms with Crippen LogP contribution < -0.4 is 16.4 Å². The molecule has 2 amide bonds. The molecule has 0 fully saturated rings. The van der Waals surface area contributed by atoms with Crippen molar-refractivity contribution in [2.75, 3.05) is 31.2 Å². The van der Waals surface area contributed by atoms with Gasteiger partial charge >= 0.3 is 12.2 Å². The van der Waals surface area contributed by atoms with E-state index >= 15 is 0 Å². The maximum absolute atomic E-state index is 8.87. The molecule has 1 aromatic rings. The van der Waals surface area contributed by atoms with E-state index in [1.807, 2.05) is 6.07 Å². The standard InChI is InChI=1S/C13H21NO2.2CH3NO2/c1-12-5-2-6-13(11-12)14(7-3-9-15)8-4-10-16;2*2-1(3)4/h2,5-6,11,15-16H,3-4,7-10H2,1H3;2*2H2,(H,3,4). The Morgan fingerprint density at radius 2 is 1.42 bits per heavy atom. The van der Waals surface area contributed by atoms with E-state index in [0.29, 0.717) is 0 Å². The summed E-state index contributed by atoms with van der Waals surface area (Å²) in [6, 6.07) is 8.31. The molecule has 9 heteroatoms. The minimum atomic E-state index is -1.33. The second-order valence-electron chi connectivity index (χ2n) is 4.66. The number of nitrogens with two attached hydrogens (primary N) is 2. The van der Waals surface area contributed by atoms with Crippen LogP contribution in [0.2, 0.25) is 0 Å². The Balaban J connectivity index is 0. The van der Waals surface area contributed by atoms with Crippen LogP contribution in [0.25, 0.3) is 0 Å². The zero-order chi connectivity index (χ0) is 19.0. The summed E-state index contributed by atoms with van der Waals surface area (Å²) in [6.45, 7) is 4.16. The van der Waals surface area contributed by atoms with Gasteiger partial charge in [0.25, 0.3) is 0 Å². The zero-order valence-electron chi connectivity index (χ0n) is 13.8. The SMILES string of the molecule is Cc1cccc(N(CCCO)CCCO)c1.NC(=O)O.NC(=O)O. The molecule has 0 heterocycles. The highest BCUT2D eigenvalue weighted by Gasteiger charge is 2.05. The smallest absolute Gasteiger partial charge is 0.402 e. The van der Waals surface area contributed by atoms with Crippen LogP contribution in [0.15, 0.2) is 24.3 Å². The maximum Gasteiger partial charge on any atom is 0.402 e. The average Bonchev–Trinajstić information content (AvgIpc) is 2.46. The van der Waals surface area contributed by atoms with Gasteiger partial charge in [-0.2, -0.15) is 0 Å². The molecule has 1 aromatic carbocycles. The van der Waals surface area contributed by atoms with E-state index in [9.17, 15) is 0 Å². The van der Waals surface area contributed by atoms with Crippen LogP contribution in [0.5, 0.6) is 0 Å². The van der Waals surface area contributed by atoms with Crippen LogP contribution >= 0.6 is 0 Å². The molecule has 8 N–H and O–H groups in total. The summed E-state index contributed by atoms with van der Waals surface area (Å²) in [5, 5.41) is 32.1. The fraction of sp³-hybridized carbons (Fsp3) is 0.467. The molecule has 0 atom stereocenters. The molecule has 1 rings (SSSR count). The number of aliphatic hydroxyl groups excluding tert-OH is 2. The Morgan fingerprint density at radius 1 is 1.00 bits per heavy atom. The first-order chi connectivity index (χ1) is 11.2. The van der Waals surface area contributed by atoms with Gasteiger partial charge in [-0.15, -0.1) is 0 Å². The predicted molar refractivity (Wildman–Crippen MR) is 91.2 cm³/mol. The van der Waals surface area contributed by atoms with Crippen LogP contribution in [0.4, 0.5) is 15.3 Å². The first kappa shape index (κ1) is 23.7. The van der Waals surface area contributed by atoms with E-state index in [4.69, 9.17) is 30.0 Å². The lowest BCUT2D eigenvalue weighted by atomic mass is 10.2. The third kappa shape index (κ3) is 17.5. The number of benzene rings is 1. The Morgan fingerprint density at radius 3 is 1.75 bits per heavy atom. The minimum absolute atomic E-state index is 0.210. The van der Waals surface area contributed by atoms with Gasteiger partial charge in [-0.25, -0.2) is 9.59 Å². The summed E-state index contributed by atoms with van der Waals surface area (Å²) in [4.78, 5) is 19.8. The van der Waals surface area contributed by atoms with Crippen LogP contribution in [0.1, 0.15) is 18.4 Å². The second-order valence-corrected chi connectivity index (χ2v) is 4.66. The number of carbonyl (C=O) groups is 2. The van der Waals surface area contributed by atoms with E-state index < -0.39 is 12.2 Å². The molecule has 0 radical (unpaired) electrons. The lowest BCUT2D eigenvalue weighted by Gasteiger charge is -2.24. The van der Waals surface area contributed by atoms with E-state index in [1.54, 1.807) is 0 Å². The van der Waals surface area contributed by atoms with Crippen LogP contribution in [0, 0.1) is 6.92 Å². The van der Waals surface area contributed by atoms with E-state index in [1.165, 1.54) is 11.3 Å². The van der Waals surface area contributed by atoms with Gasteiger partial charge in [0, 0.05) is 32.0 Å². The highest BCUT2D eigenvalue weighted by molar-refractivity contribution is 5.61. The number of aryl methyl sites for hydroxylation is 1. The first-order valence-electron chi connectivity index (χ1n) is 7.24. The molecule has 9 nitrogen and oxygen atoms in total. The van der Waals surface area contributed by atoms with Crippen molar-refractivity contribution >= 4 is 17.9 Å². The lowest BCUT2D eigenvalue weighted by molar-refractivity contribution is 0.204. The first-order valence-corrected chi connectivity index (χ1v) is 7.24. The molecule has 0 saturated heterocycles. The average molecular weight is 345 g/mol. The number of aliphatic hydroxyl groups is 2. The molecule has 0 spiro atoms. The molecule has 138 valence electrons. The topological polar surface area (TPSA) is 170 Å². The third-order valence-electron chi connectivity index (χ3n) is 2.54. The molecular weight excluding hydrogens is 318 g/mol. The normalized spacial score (nSPS) is 8.96. The number of carboxylic acid groups (broad SMARTS) is 2. The molecule has 0 aliphatic heterocycles. The fourth-order valence-electron chi connectivity index (χ4n) is 1.72. The minimum Gasteiger partial charge on any atom is -0.465 e. The Labute approximate surface area is 141 Å². The van der Waals surface area contributed by atoms with Crippen molar-refractivity contribution in [3.63, 3.8) is 0 Å². The van der Waals surface area contributed by atoms with Gasteiger partial charge < -0.3 is 36.8 Å². The molecular formula is C15H27N3O6. The molecule has 0 aromatic heterocycles. The number of anilines is 1. The van der Waals surface area contributed by atoms with E-state index in [0.717, 1.165) is 25.9 Å². The number of nitrogens with zero attached hydrogens (tertiary/aromatic N) is 1. The maximum atomic E-state index is 8.87. The van der Waals surface area contributed by atoms with Crippen LogP contribution in [0.3, 0.4) is 0 Å². The molecule has 0 saturated carbocycles. The Bertz CT molecular complexity index is 442. The lowest BCUT2D eigenvalue weighted by Crippen LogP contribution is -2.26. The number of rotatable bonds is 7. The van der Waals surface area contributed by atoms with Crippen molar-refractivity contribution in [1.29, 1.82) is 0 Å². The Hall–Kier alpha value is -2.52. The molecule has 24 heavy (non-hydrogen) atoms. The van der Waals surface area contributed by atoms with Gasteiger partial charge in [-0.3, -0.25) is 0 Å². The van der Waals surface area contributed by atoms with Crippen molar-refractivity contribution < 1.29 is 30.0 Å². The highest BCUT2D eigenvalue weighted by Crippen LogP contribution is 2.16. The van der Waals surface area contributed by atoms with Gasteiger partial charge in [-0.05, 0) is 37.5 Å². The van der Waals surface area contributed by atoms with Crippen molar-refractivity contribution in [2.24, 2.45) is 11.5 Å². The largest absolute Gasteiger partial charge is 0.465 e. The highest BCUT2D eigenvalue weighted by atomic mass is 16.4. The summed E-state index contributed by atoms with van der Waals surface area (Å²) in [7, 11) is 0. The van der Waals surface area contributed by atoms with Crippen molar-refractivity contribution in [1.82, 2.24) is 0 Å². The summed E-state index contributed by atoms with van der Waals surface area (Å²) >= 11 is 0. The summed E-state index contributed by atoms with van der Waals surface area (Å²) in [6.07, 6.45) is -1.14. The second kappa shape index (κ2) is 15.4. The number of hydrogen-bond acceptors (Lipinski definition) is 5. The number of primary amides is 2. The number of amides is 2. The third-order valence-corrected chi connectivity index (χ3v) is 2.54. The quantitative estimate of drug-likeness (QED) is 0.424. The van der Waals surface area contributed by atoms with Gasteiger partial charge in [0.05, 0.1) is 0 Å². The summed E-state index contributed by atoms with van der Waals surface area (Å²) in [5.74, 6) is 0. The van der Waals surface area contributed by atoms with Gasteiger partial charge in [0.2, 0.25) is 0 Å². The zero-order valence-corrected chi connectivity index (χ0v) is 13.8. The van der Waals surface area contributed by atoms with Gasteiger partial charge in [0.1, 0.15) is 0 Å².